The molecule has 0 fully saturated rings. The Morgan fingerprint density at radius 2 is 0.729 bits per heavy atom. The molecule has 59 heavy (non-hydrogen) atoms. The predicted octanol–water partition coefficient (Wildman–Crippen LogP) is 15.9. The zero-order valence-electron chi connectivity index (χ0n) is 38.5. The third kappa shape index (κ3) is 45.8. The lowest BCUT2D eigenvalue weighted by molar-refractivity contribution is -0.166. The minimum absolute atomic E-state index is 0.104. The van der Waals surface area contributed by atoms with Crippen molar-refractivity contribution in [2.24, 2.45) is 0 Å². The zero-order chi connectivity index (χ0) is 43.0. The molecule has 0 radical (unpaired) electrons. The summed E-state index contributed by atoms with van der Waals surface area (Å²) < 4.78 is 16.6. The molecule has 0 aromatic heterocycles. The second-order valence-electron chi connectivity index (χ2n) is 16.0. The first-order chi connectivity index (χ1) is 29.0. The Kier molecular flexibility index (Phi) is 45.0. The van der Waals surface area contributed by atoms with Crippen LogP contribution in [0, 0.1) is 0 Å². The predicted molar refractivity (Wildman–Crippen MR) is 251 cm³/mol. The maximum absolute atomic E-state index is 12.7. The van der Waals surface area contributed by atoms with E-state index in [2.05, 4.69) is 81.5 Å². The summed E-state index contributed by atoms with van der Waals surface area (Å²) in [4.78, 5) is 37.7. The van der Waals surface area contributed by atoms with Gasteiger partial charge in [0, 0.05) is 12.8 Å². The van der Waals surface area contributed by atoms with Gasteiger partial charge in [-0.1, -0.05) is 216 Å². The van der Waals surface area contributed by atoms with Crippen molar-refractivity contribution in [1.29, 1.82) is 0 Å². The molecular weight excluding hydrogens is 733 g/mol. The van der Waals surface area contributed by atoms with Gasteiger partial charge in [0.05, 0.1) is 6.42 Å². The van der Waals surface area contributed by atoms with E-state index in [1.807, 2.05) is 6.08 Å². The average molecular weight is 823 g/mol. The molecule has 0 saturated heterocycles. The molecule has 0 aromatic rings. The molecule has 0 saturated carbocycles. The molecule has 0 N–H and O–H groups in total. The third-order valence-corrected chi connectivity index (χ3v) is 10.2. The molecular formula is C53H90O6. The highest BCUT2D eigenvalue weighted by Crippen LogP contribution is 2.15. The van der Waals surface area contributed by atoms with Crippen molar-refractivity contribution in [1.82, 2.24) is 0 Å². The minimum Gasteiger partial charge on any atom is -0.462 e. The molecule has 1 atom stereocenters. The first kappa shape index (κ1) is 55.9. The highest BCUT2D eigenvalue weighted by atomic mass is 16.6. The largest absolute Gasteiger partial charge is 0.462 e. The Balaban J connectivity index is 4.35. The van der Waals surface area contributed by atoms with Crippen LogP contribution in [0.5, 0.6) is 0 Å². The van der Waals surface area contributed by atoms with Crippen LogP contribution in [0.3, 0.4) is 0 Å². The first-order valence-corrected chi connectivity index (χ1v) is 24.4. The zero-order valence-corrected chi connectivity index (χ0v) is 38.5. The number of carbonyl (C=O) groups is 3. The number of ether oxygens (including phenoxy) is 3. The van der Waals surface area contributed by atoms with Crippen LogP contribution >= 0.6 is 0 Å². The fourth-order valence-corrected chi connectivity index (χ4v) is 6.63. The van der Waals surface area contributed by atoms with Gasteiger partial charge in [-0.2, -0.15) is 0 Å². The lowest BCUT2D eigenvalue weighted by atomic mass is 10.0. The van der Waals surface area contributed by atoms with Crippen molar-refractivity contribution in [3.05, 3.63) is 72.9 Å². The van der Waals surface area contributed by atoms with Gasteiger partial charge in [-0.3, -0.25) is 14.4 Å². The van der Waals surface area contributed by atoms with E-state index in [0.29, 0.717) is 12.8 Å². The number of esters is 3. The summed E-state index contributed by atoms with van der Waals surface area (Å²) in [6.45, 7) is 6.30. The van der Waals surface area contributed by atoms with E-state index in [1.165, 1.54) is 109 Å². The maximum atomic E-state index is 12.7. The van der Waals surface area contributed by atoms with Gasteiger partial charge < -0.3 is 14.2 Å². The van der Waals surface area contributed by atoms with Gasteiger partial charge in [0.2, 0.25) is 0 Å². The van der Waals surface area contributed by atoms with Crippen molar-refractivity contribution in [3.8, 4) is 0 Å². The van der Waals surface area contributed by atoms with E-state index in [9.17, 15) is 14.4 Å². The number of carbonyl (C=O) groups excluding carboxylic acids is 3. The van der Waals surface area contributed by atoms with Crippen molar-refractivity contribution >= 4 is 17.9 Å². The minimum atomic E-state index is -0.809. The quantitative estimate of drug-likeness (QED) is 0.0264. The highest BCUT2D eigenvalue weighted by Gasteiger charge is 2.19. The molecule has 338 valence electrons. The molecule has 0 aliphatic rings. The lowest BCUT2D eigenvalue weighted by Gasteiger charge is -2.18. The first-order valence-electron chi connectivity index (χ1n) is 24.4. The summed E-state index contributed by atoms with van der Waals surface area (Å²) in [5.74, 6) is -1.04. The molecule has 0 amide bonds. The van der Waals surface area contributed by atoms with Gasteiger partial charge in [0.1, 0.15) is 13.2 Å². The maximum Gasteiger partial charge on any atom is 0.309 e. The van der Waals surface area contributed by atoms with Crippen LogP contribution in [0.2, 0.25) is 0 Å². The molecule has 0 aliphatic heterocycles. The third-order valence-electron chi connectivity index (χ3n) is 10.2. The number of hydrogen-bond acceptors (Lipinski definition) is 6. The summed E-state index contributed by atoms with van der Waals surface area (Å²) in [6.07, 6.45) is 59.2. The molecule has 6 heteroatoms. The monoisotopic (exact) mass is 823 g/mol. The SMILES string of the molecule is CC/C=C\C/C=C\C/C=C\CCCCCCCCCCCC(=O)OCC(COC(=O)C/C=C\C/C=C\C/C=C\CC)OC(=O)CCCCCCCCCCCCCCC. The van der Waals surface area contributed by atoms with Crippen molar-refractivity contribution in [2.75, 3.05) is 13.2 Å². The van der Waals surface area contributed by atoms with Crippen molar-refractivity contribution in [2.45, 2.75) is 232 Å². The van der Waals surface area contributed by atoms with Crippen LogP contribution in [-0.2, 0) is 28.6 Å². The Hall–Kier alpha value is -3.15. The van der Waals surface area contributed by atoms with E-state index < -0.39 is 12.1 Å². The van der Waals surface area contributed by atoms with Crippen LogP contribution in [-0.4, -0.2) is 37.2 Å². The smallest absolute Gasteiger partial charge is 0.309 e. The second kappa shape index (κ2) is 47.5. The van der Waals surface area contributed by atoms with Crippen molar-refractivity contribution < 1.29 is 28.6 Å². The van der Waals surface area contributed by atoms with E-state index >= 15 is 0 Å². The van der Waals surface area contributed by atoms with Gasteiger partial charge in [-0.05, 0) is 64.2 Å². The number of rotatable bonds is 43. The molecule has 6 nitrogen and oxygen atoms in total. The summed E-state index contributed by atoms with van der Waals surface area (Å²) >= 11 is 0. The van der Waals surface area contributed by atoms with Crippen LogP contribution in [0.4, 0.5) is 0 Å². The fourth-order valence-electron chi connectivity index (χ4n) is 6.63. The van der Waals surface area contributed by atoms with E-state index in [4.69, 9.17) is 14.2 Å². The number of hydrogen-bond donors (Lipinski definition) is 0. The standard InChI is InChI=1S/C53H90O6/c1-4-7-10-13-16-19-21-23-24-25-26-27-28-30-31-34-37-40-43-46-52(55)58-49-50(48-57-51(54)45-42-39-36-33-18-15-12-9-6-3)59-53(56)47-44-41-38-35-32-29-22-20-17-14-11-8-5-2/h7,9-10,12,16,18-19,23-24,33,39,42,50H,4-6,8,11,13-15,17,20-22,25-32,34-38,40-41,43-49H2,1-3H3/b10-7-,12-9-,19-16-,24-23-,33-18-,42-39-. The molecule has 1 unspecified atom stereocenters. The Bertz CT molecular complexity index is 1130. The van der Waals surface area contributed by atoms with Gasteiger partial charge in [0.15, 0.2) is 6.10 Å². The Morgan fingerprint density at radius 1 is 0.373 bits per heavy atom. The average Bonchev–Trinajstić information content (AvgIpc) is 3.23. The van der Waals surface area contributed by atoms with Crippen LogP contribution in [0.15, 0.2) is 72.9 Å². The lowest BCUT2D eigenvalue weighted by Crippen LogP contribution is -2.30. The van der Waals surface area contributed by atoms with E-state index in [1.54, 1.807) is 6.08 Å². The Morgan fingerprint density at radius 3 is 1.19 bits per heavy atom. The van der Waals surface area contributed by atoms with Gasteiger partial charge >= 0.3 is 17.9 Å². The Labute approximate surface area is 363 Å². The molecule has 0 heterocycles. The molecule has 0 bridgehead atoms. The summed E-state index contributed by atoms with van der Waals surface area (Å²) in [7, 11) is 0. The summed E-state index contributed by atoms with van der Waals surface area (Å²) in [5.41, 5.74) is 0. The summed E-state index contributed by atoms with van der Waals surface area (Å²) in [6, 6.07) is 0. The molecule has 0 aromatic carbocycles. The van der Waals surface area contributed by atoms with Crippen molar-refractivity contribution in [3.63, 3.8) is 0 Å². The topological polar surface area (TPSA) is 78.9 Å². The van der Waals surface area contributed by atoms with Crippen LogP contribution in [0.25, 0.3) is 0 Å². The van der Waals surface area contributed by atoms with Gasteiger partial charge in [-0.15, -0.1) is 0 Å². The van der Waals surface area contributed by atoms with Crippen LogP contribution in [0.1, 0.15) is 226 Å². The van der Waals surface area contributed by atoms with Gasteiger partial charge in [-0.25, -0.2) is 0 Å². The highest BCUT2D eigenvalue weighted by molar-refractivity contribution is 5.72. The molecule has 0 aliphatic carbocycles. The van der Waals surface area contributed by atoms with Crippen LogP contribution < -0.4 is 0 Å². The molecule has 0 spiro atoms. The van der Waals surface area contributed by atoms with E-state index in [-0.39, 0.29) is 31.6 Å². The van der Waals surface area contributed by atoms with Gasteiger partial charge in [0.25, 0.3) is 0 Å². The van der Waals surface area contributed by atoms with E-state index in [0.717, 1.165) is 77.0 Å². The normalized spacial score (nSPS) is 12.7. The molecule has 0 rings (SSSR count). The summed E-state index contributed by atoms with van der Waals surface area (Å²) in [5, 5.41) is 0. The number of unbranched alkanes of at least 4 members (excludes halogenated alkanes) is 21. The fraction of sp³-hybridized carbons (Fsp3) is 0.717. The second-order valence-corrected chi connectivity index (χ2v) is 16.0. The number of allylic oxidation sites excluding steroid dienone is 11.